The van der Waals surface area contributed by atoms with E-state index >= 15 is 0 Å². The lowest BCUT2D eigenvalue weighted by Gasteiger charge is -2.15. The van der Waals surface area contributed by atoms with E-state index in [1.807, 2.05) is 0 Å². The molecular formula is C23H20N2O6. The van der Waals surface area contributed by atoms with Crippen molar-refractivity contribution in [1.29, 1.82) is 0 Å². The van der Waals surface area contributed by atoms with E-state index in [-0.39, 0.29) is 29.9 Å². The Kier molecular flexibility index (Phi) is 5.29. The van der Waals surface area contributed by atoms with E-state index < -0.39 is 17.8 Å². The number of carboxylic acids is 1. The highest BCUT2D eigenvalue weighted by atomic mass is 16.5. The van der Waals surface area contributed by atoms with Gasteiger partial charge in [-0.2, -0.15) is 0 Å². The first kappa shape index (κ1) is 20.3. The summed E-state index contributed by atoms with van der Waals surface area (Å²) in [6, 6.07) is 9.78. The molecule has 0 spiro atoms. The van der Waals surface area contributed by atoms with Crippen LogP contribution in [0.15, 0.2) is 42.6 Å². The van der Waals surface area contributed by atoms with Crippen molar-refractivity contribution in [2.45, 2.75) is 20.3 Å². The van der Waals surface area contributed by atoms with Gasteiger partial charge in [0.25, 0.3) is 11.8 Å². The topological polar surface area (TPSA) is 106 Å². The Balaban J connectivity index is 1.90. The number of nitrogens with zero attached hydrogens (tertiary/aromatic N) is 2. The van der Waals surface area contributed by atoms with E-state index in [0.717, 1.165) is 4.90 Å². The van der Waals surface area contributed by atoms with Crippen LogP contribution < -0.4 is 14.4 Å². The van der Waals surface area contributed by atoms with Crippen molar-refractivity contribution in [1.82, 2.24) is 4.98 Å². The van der Waals surface area contributed by atoms with Gasteiger partial charge in [-0.15, -0.1) is 0 Å². The van der Waals surface area contributed by atoms with Crippen LogP contribution in [0, 0.1) is 0 Å². The lowest BCUT2D eigenvalue weighted by atomic mass is 10.0. The van der Waals surface area contributed by atoms with Gasteiger partial charge in [-0.25, -0.2) is 4.90 Å². The number of pyridine rings is 1. The largest absolute Gasteiger partial charge is 0.492 e. The van der Waals surface area contributed by atoms with Gasteiger partial charge in [0, 0.05) is 11.6 Å². The molecule has 0 fully saturated rings. The van der Waals surface area contributed by atoms with Crippen molar-refractivity contribution in [2.75, 3.05) is 18.1 Å². The van der Waals surface area contributed by atoms with Gasteiger partial charge in [0.15, 0.2) is 5.75 Å². The Bertz CT molecular complexity index is 1140. The minimum Gasteiger partial charge on any atom is -0.492 e. The molecule has 8 heteroatoms. The molecule has 158 valence electrons. The third-order valence-electron chi connectivity index (χ3n) is 4.93. The van der Waals surface area contributed by atoms with Gasteiger partial charge in [0.2, 0.25) is 0 Å². The van der Waals surface area contributed by atoms with Crippen LogP contribution in [0.4, 0.5) is 5.69 Å². The van der Waals surface area contributed by atoms with Crippen LogP contribution in [-0.2, 0) is 11.2 Å². The predicted molar refractivity (Wildman–Crippen MR) is 113 cm³/mol. The number of aliphatic carboxylic acids is 1. The number of fused-ring (bicyclic) bond motifs is 2. The van der Waals surface area contributed by atoms with Crippen LogP contribution in [0.5, 0.6) is 11.5 Å². The van der Waals surface area contributed by atoms with Crippen LogP contribution >= 0.6 is 0 Å². The first-order valence-electron chi connectivity index (χ1n) is 9.87. The number of anilines is 1. The standard InChI is InChI=1S/C23H20N2O6/c1-3-30-20-15-6-5-11-24-19(15)21(31-4-2)18-17(20)22(28)25(23(18)29)14-9-7-13(8-10-14)12-16(26)27/h5-11H,3-4,12H2,1-2H3,(H,26,27). The maximum atomic E-state index is 13.4. The molecule has 2 heterocycles. The van der Waals surface area contributed by atoms with Gasteiger partial charge >= 0.3 is 5.97 Å². The molecule has 4 rings (SSSR count). The normalized spacial score (nSPS) is 12.9. The van der Waals surface area contributed by atoms with E-state index in [1.54, 1.807) is 56.4 Å². The summed E-state index contributed by atoms with van der Waals surface area (Å²) in [6.45, 7) is 4.18. The molecule has 2 aromatic carbocycles. The number of carboxylic acid groups (broad SMARTS) is 1. The van der Waals surface area contributed by atoms with E-state index in [4.69, 9.17) is 14.6 Å². The molecule has 2 amide bonds. The maximum absolute atomic E-state index is 13.4. The summed E-state index contributed by atoms with van der Waals surface area (Å²) in [5.41, 5.74) is 1.61. The van der Waals surface area contributed by atoms with Crippen molar-refractivity contribution >= 4 is 34.4 Å². The highest BCUT2D eigenvalue weighted by molar-refractivity contribution is 6.37. The Hall–Kier alpha value is -3.94. The van der Waals surface area contributed by atoms with Gasteiger partial charge < -0.3 is 14.6 Å². The van der Waals surface area contributed by atoms with E-state index in [0.29, 0.717) is 34.5 Å². The molecule has 1 aliphatic heterocycles. The summed E-state index contributed by atoms with van der Waals surface area (Å²) >= 11 is 0. The number of ether oxygens (including phenoxy) is 2. The smallest absolute Gasteiger partial charge is 0.307 e. The quantitative estimate of drug-likeness (QED) is 0.584. The maximum Gasteiger partial charge on any atom is 0.307 e. The third-order valence-corrected chi connectivity index (χ3v) is 4.93. The van der Waals surface area contributed by atoms with E-state index in [2.05, 4.69) is 4.98 Å². The molecule has 0 unspecified atom stereocenters. The second-order valence-electron chi connectivity index (χ2n) is 6.86. The third kappa shape index (κ3) is 3.35. The Morgan fingerprint density at radius 2 is 1.58 bits per heavy atom. The van der Waals surface area contributed by atoms with Crippen molar-refractivity contribution in [3.8, 4) is 11.5 Å². The SMILES string of the molecule is CCOc1c2c(c(OCC)c3ncccc13)C(=O)N(c1ccc(CC(=O)O)cc1)C2=O. The molecule has 1 N–H and O–H groups in total. The number of carbonyl (C=O) groups excluding carboxylic acids is 2. The molecule has 0 saturated heterocycles. The fraction of sp³-hybridized carbons (Fsp3) is 0.217. The molecule has 31 heavy (non-hydrogen) atoms. The molecule has 0 atom stereocenters. The zero-order chi connectivity index (χ0) is 22.1. The summed E-state index contributed by atoms with van der Waals surface area (Å²) in [5, 5.41) is 9.54. The number of benzene rings is 2. The highest BCUT2D eigenvalue weighted by Gasteiger charge is 2.43. The predicted octanol–water partition coefficient (Wildman–Crippen LogP) is 3.46. The number of aromatic nitrogens is 1. The van der Waals surface area contributed by atoms with Crippen LogP contribution in [0.2, 0.25) is 0 Å². The number of hydrogen-bond acceptors (Lipinski definition) is 6. The Morgan fingerprint density at radius 1 is 0.968 bits per heavy atom. The number of amides is 2. The van der Waals surface area contributed by atoms with Crippen LogP contribution in [0.25, 0.3) is 10.9 Å². The van der Waals surface area contributed by atoms with Crippen molar-refractivity contribution < 1.29 is 29.0 Å². The molecule has 1 aromatic heterocycles. The highest BCUT2D eigenvalue weighted by Crippen LogP contribution is 2.45. The van der Waals surface area contributed by atoms with Crippen molar-refractivity contribution in [3.63, 3.8) is 0 Å². The monoisotopic (exact) mass is 420 g/mol. The lowest BCUT2D eigenvalue weighted by molar-refractivity contribution is -0.136. The number of carbonyl (C=O) groups is 3. The van der Waals surface area contributed by atoms with Gasteiger partial charge in [0.05, 0.1) is 30.9 Å². The molecule has 8 nitrogen and oxygen atoms in total. The van der Waals surface area contributed by atoms with E-state index in [9.17, 15) is 14.4 Å². The average molecular weight is 420 g/mol. The molecule has 1 aliphatic rings. The summed E-state index contributed by atoms with van der Waals surface area (Å²) < 4.78 is 11.6. The fourth-order valence-corrected chi connectivity index (χ4v) is 3.72. The van der Waals surface area contributed by atoms with Crippen LogP contribution in [0.3, 0.4) is 0 Å². The number of hydrogen-bond donors (Lipinski definition) is 1. The minimum atomic E-state index is -0.963. The van der Waals surface area contributed by atoms with Gasteiger partial charge in [-0.05, 0) is 43.7 Å². The average Bonchev–Trinajstić information content (AvgIpc) is 3.01. The molecule has 0 saturated carbocycles. The summed E-state index contributed by atoms with van der Waals surface area (Å²) in [4.78, 5) is 43.2. The summed E-state index contributed by atoms with van der Waals surface area (Å²) in [6.07, 6.45) is 1.44. The molecule has 0 radical (unpaired) electrons. The minimum absolute atomic E-state index is 0.121. The van der Waals surface area contributed by atoms with E-state index in [1.165, 1.54) is 0 Å². The number of imide groups is 1. The van der Waals surface area contributed by atoms with Gasteiger partial charge in [-0.1, -0.05) is 12.1 Å². The van der Waals surface area contributed by atoms with Crippen molar-refractivity contribution in [3.05, 3.63) is 59.3 Å². The summed E-state index contributed by atoms with van der Waals surface area (Å²) in [7, 11) is 0. The van der Waals surface area contributed by atoms with Gasteiger partial charge in [0.1, 0.15) is 16.8 Å². The van der Waals surface area contributed by atoms with Crippen molar-refractivity contribution in [2.24, 2.45) is 0 Å². The Labute approximate surface area is 178 Å². The molecular weight excluding hydrogens is 400 g/mol. The zero-order valence-electron chi connectivity index (χ0n) is 17.0. The summed E-state index contributed by atoms with van der Waals surface area (Å²) in [5.74, 6) is -1.48. The first-order valence-corrected chi connectivity index (χ1v) is 9.87. The zero-order valence-corrected chi connectivity index (χ0v) is 17.0. The van der Waals surface area contributed by atoms with Crippen LogP contribution in [-0.4, -0.2) is 41.1 Å². The molecule has 0 aliphatic carbocycles. The number of rotatable bonds is 7. The molecule has 3 aromatic rings. The fourth-order valence-electron chi connectivity index (χ4n) is 3.72. The van der Waals surface area contributed by atoms with Gasteiger partial charge in [-0.3, -0.25) is 19.4 Å². The molecule has 0 bridgehead atoms. The first-order chi connectivity index (χ1) is 15.0. The lowest BCUT2D eigenvalue weighted by Crippen LogP contribution is -2.29. The van der Waals surface area contributed by atoms with Crippen LogP contribution in [0.1, 0.15) is 40.1 Å². The Morgan fingerprint density at radius 3 is 2.19 bits per heavy atom. The second kappa shape index (κ2) is 8.06. The second-order valence-corrected chi connectivity index (χ2v) is 6.86.